The van der Waals surface area contributed by atoms with Crippen molar-refractivity contribution in [3.8, 4) is 11.5 Å². The van der Waals surface area contributed by atoms with Crippen molar-refractivity contribution < 1.29 is 32.5 Å². The molecule has 2 aliphatic rings. The predicted octanol–water partition coefficient (Wildman–Crippen LogP) is 1.78. The summed E-state index contributed by atoms with van der Waals surface area (Å²) in [7, 11) is -3.88. The third-order valence-corrected chi connectivity index (χ3v) is 7.27. The number of benzene rings is 2. The summed E-state index contributed by atoms with van der Waals surface area (Å²) >= 11 is 0. The molecule has 178 valence electrons. The molecule has 0 aliphatic carbocycles. The average molecular weight is 490 g/mol. The highest BCUT2D eigenvalue weighted by Crippen LogP contribution is 2.38. The number of carbonyl (C=O) groups is 1. The van der Waals surface area contributed by atoms with Crippen molar-refractivity contribution in [3.63, 3.8) is 0 Å². The van der Waals surface area contributed by atoms with Crippen molar-refractivity contribution in [2.24, 2.45) is 0 Å². The summed E-state index contributed by atoms with van der Waals surface area (Å²) < 4.78 is 37.2. The van der Waals surface area contributed by atoms with Gasteiger partial charge >= 0.3 is 0 Å². The summed E-state index contributed by atoms with van der Waals surface area (Å²) in [6, 6.07) is 7.23. The minimum absolute atomic E-state index is 0.0308. The number of fused-ring (bicyclic) bond motifs is 1. The number of piperazine rings is 1. The minimum atomic E-state index is -3.88. The normalized spacial score (nSPS) is 16.1. The average Bonchev–Trinajstić information content (AvgIpc) is 3.29. The maximum atomic E-state index is 12.8. The molecule has 0 bridgehead atoms. The van der Waals surface area contributed by atoms with Crippen LogP contribution >= 0.6 is 0 Å². The van der Waals surface area contributed by atoms with Gasteiger partial charge in [0.05, 0.1) is 26.4 Å². The van der Waals surface area contributed by atoms with Gasteiger partial charge in [0.2, 0.25) is 22.7 Å². The molecule has 4 rings (SSSR count). The van der Waals surface area contributed by atoms with Crippen LogP contribution in [0.1, 0.15) is 5.56 Å². The van der Waals surface area contributed by atoms with Crippen molar-refractivity contribution in [2.75, 3.05) is 33.0 Å². The zero-order valence-electron chi connectivity index (χ0n) is 17.5. The Morgan fingerprint density at radius 2 is 1.56 bits per heavy atom. The van der Waals surface area contributed by atoms with Gasteiger partial charge in [-0.15, -0.1) is 0 Å². The molecule has 14 heteroatoms. The van der Waals surface area contributed by atoms with Crippen LogP contribution in [0.2, 0.25) is 0 Å². The van der Waals surface area contributed by atoms with Crippen LogP contribution in [0.5, 0.6) is 11.5 Å². The van der Waals surface area contributed by atoms with Crippen molar-refractivity contribution in [1.29, 1.82) is 0 Å². The van der Waals surface area contributed by atoms with Gasteiger partial charge in [-0.1, -0.05) is 0 Å². The molecule has 34 heavy (non-hydrogen) atoms. The van der Waals surface area contributed by atoms with E-state index in [1.54, 1.807) is 0 Å². The summed E-state index contributed by atoms with van der Waals surface area (Å²) in [5.74, 6) is 0.155. The monoisotopic (exact) mass is 490 g/mol. The molecular weight excluding hydrogens is 472 g/mol. The van der Waals surface area contributed by atoms with Crippen LogP contribution < -0.4 is 9.47 Å². The number of nitro benzene ring substituents is 2. The fourth-order valence-electron chi connectivity index (χ4n) is 3.54. The van der Waals surface area contributed by atoms with Gasteiger partial charge in [0.1, 0.15) is 0 Å². The Hall–Kier alpha value is -4.04. The highest BCUT2D eigenvalue weighted by molar-refractivity contribution is 7.89. The topological polar surface area (TPSA) is 162 Å². The Morgan fingerprint density at radius 3 is 2.15 bits per heavy atom. The minimum Gasteiger partial charge on any atom is -0.454 e. The van der Waals surface area contributed by atoms with Gasteiger partial charge in [0.25, 0.3) is 11.4 Å². The number of hydrogen-bond acceptors (Lipinski definition) is 9. The number of nitro groups is 2. The maximum Gasteiger partial charge on any atom is 0.280 e. The Kier molecular flexibility index (Phi) is 6.17. The summed E-state index contributed by atoms with van der Waals surface area (Å²) in [6.07, 6.45) is 2.49. The predicted molar refractivity (Wildman–Crippen MR) is 117 cm³/mol. The van der Waals surface area contributed by atoms with Gasteiger partial charge in [0.15, 0.2) is 11.5 Å². The number of sulfonamides is 1. The lowest BCUT2D eigenvalue weighted by atomic mass is 10.1. The lowest BCUT2D eigenvalue weighted by Gasteiger charge is -2.33. The molecule has 1 fully saturated rings. The highest BCUT2D eigenvalue weighted by Gasteiger charge is 2.30. The van der Waals surface area contributed by atoms with Gasteiger partial charge in [-0.25, -0.2) is 8.42 Å². The summed E-state index contributed by atoms with van der Waals surface area (Å²) in [6.45, 7) is 0.231. The van der Waals surface area contributed by atoms with Crippen LogP contribution in [0.4, 0.5) is 11.4 Å². The maximum absolute atomic E-state index is 12.8. The van der Waals surface area contributed by atoms with Crippen LogP contribution in [-0.4, -0.2) is 66.3 Å². The van der Waals surface area contributed by atoms with E-state index in [4.69, 9.17) is 9.47 Å². The van der Waals surface area contributed by atoms with Crippen LogP contribution in [0.15, 0.2) is 47.4 Å². The van der Waals surface area contributed by atoms with Crippen LogP contribution in [-0.2, 0) is 14.8 Å². The van der Waals surface area contributed by atoms with Crippen LogP contribution in [0.25, 0.3) is 6.08 Å². The number of non-ortho nitro benzene ring substituents is 1. The van der Waals surface area contributed by atoms with Crippen molar-refractivity contribution in [3.05, 3.63) is 68.3 Å². The number of hydrogen-bond donors (Lipinski definition) is 0. The summed E-state index contributed by atoms with van der Waals surface area (Å²) in [5.41, 5.74) is -0.293. The molecule has 0 atom stereocenters. The zero-order valence-corrected chi connectivity index (χ0v) is 18.3. The molecule has 2 aliphatic heterocycles. The molecular formula is C20H18N4O9S. The van der Waals surface area contributed by atoms with E-state index >= 15 is 0 Å². The first-order chi connectivity index (χ1) is 16.2. The number of nitrogens with zero attached hydrogens (tertiary/aromatic N) is 4. The lowest BCUT2D eigenvalue weighted by Crippen LogP contribution is -2.50. The molecule has 0 unspecified atom stereocenters. The van der Waals surface area contributed by atoms with E-state index in [1.165, 1.54) is 45.6 Å². The Bertz CT molecular complexity index is 1280. The Balaban J connectivity index is 1.42. The lowest BCUT2D eigenvalue weighted by molar-refractivity contribution is -0.385. The van der Waals surface area contributed by atoms with Crippen LogP contribution in [0.3, 0.4) is 0 Å². The Labute approximate surface area is 193 Å². The smallest absolute Gasteiger partial charge is 0.280 e. The number of ether oxygens (including phenoxy) is 2. The largest absolute Gasteiger partial charge is 0.454 e. The van der Waals surface area contributed by atoms with Gasteiger partial charge in [0, 0.05) is 44.4 Å². The first-order valence-electron chi connectivity index (χ1n) is 9.96. The summed E-state index contributed by atoms with van der Waals surface area (Å²) in [5, 5.41) is 22.1. The molecule has 0 saturated carbocycles. The highest BCUT2D eigenvalue weighted by atomic mass is 32.2. The fraction of sp³-hybridized carbons (Fsp3) is 0.250. The van der Waals surface area contributed by atoms with E-state index in [0.29, 0.717) is 5.75 Å². The number of carbonyl (C=O) groups excluding carboxylic acids is 1. The van der Waals surface area contributed by atoms with Crippen LogP contribution in [0, 0.1) is 20.2 Å². The zero-order chi connectivity index (χ0) is 24.5. The number of rotatable bonds is 6. The van der Waals surface area contributed by atoms with E-state index < -0.39 is 25.8 Å². The standard InChI is InChI=1S/C20H18N4O9S/c25-20(6-1-14-11-18-19(33-13-32-18)12-17(14)24(28)29)21-7-9-22(10-8-21)34(30,31)16-4-2-15(3-5-16)23(26)27/h1-6,11-12H,7-10,13H2/b6-1+. The first kappa shape index (κ1) is 23.1. The second-order valence-corrected chi connectivity index (χ2v) is 9.27. The second kappa shape index (κ2) is 9.07. The van der Waals surface area contributed by atoms with Gasteiger partial charge in [-0.05, 0) is 24.3 Å². The number of amides is 1. The van der Waals surface area contributed by atoms with E-state index in [9.17, 15) is 33.4 Å². The molecule has 0 N–H and O–H groups in total. The van der Waals surface area contributed by atoms with E-state index in [1.807, 2.05) is 0 Å². The van der Waals surface area contributed by atoms with E-state index in [-0.39, 0.29) is 60.6 Å². The quantitative estimate of drug-likeness (QED) is 0.334. The van der Waals surface area contributed by atoms with Crippen molar-refractivity contribution in [2.45, 2.75) is 4.90 Å². The van der Waals surface area contributed by atoms with Crippen molar-refractivity contribution in [1.82, 2.24) is 9.21 Å². The Morgan fingerprint density at radius 1 is 0.941 bits per heavy atom. The third-order valence-electron chi connectivity index (χ3n) is 5.36. The molecule has 2 heterocycles. The molecule has 0 aromatic heterocycles. The molecule has 13 nitrogen and oxygen atoms in total. The van der Waals surface area contributed by atoms with Gasteiger partial charge < -0.3 is 14.4 Å². The first-order valence-corrected chi connectivity index (χ1v) is 11.4. The van der Waals surface area contributed by atoms with Crippen molar-refractivity contribution >= 4 is 33.4 Å². The SMILES string of the molecule is O=C(/C=C/c1cc2c(cc1[N+](=O)[O-])OCO2)N1CCN(S(=O)(=O)c2ccc([N+](=O)[O-])cc2)CC1. The molecule has 1 amide bonds. The second-order valence-electron chi connectivity index (χ2n) is 7.34. The summed E-state index contributed by atoms with van der Waals surface area (Å²) in [4.78, 5) is 34.9. The van der Waals surface area contributed by atoms with E-state index in [0.717, 1.165) is 12.1 Å². The van der Waals surface area contributed by atoms with Gasteiger partial charge in [-0.3, -0.25) is 25.0 Å². The van der Waals surface area contributed by atoms with E-state index in [2.05, 4.69) is 0 Å². The molecule has 0 radical (unpaired) electrons. The fourth-order valence-corrected chi connectivity index (χ4v) is 4.96. The van der Waals surface area contributed by atoms with Gasteiger partial charge in [-0.2, -0.15) is 4.31 Å². The molecule has 2 aromatic carbocycles. The third kappa shape index (κ3) is 4.53. The molecule has 1 saturated heterocycles. The molecule has 0 spiro atoms. The molecule has 2 aromatic rings.